The summed E-state index contributed by atoms with van der Waals surface area (Å²) in [5, 5.41) is 15.0. The normalized spacial score (nSPS) is 12.3. The number of nitrogens with zero attached hydrogens (tertiary/aromatic N) is 4. The van der Waals surface area contributed by atoms with E-state index >= 15 is 0 Å². The Morgan fingerprint density at radius 3 is 2.25 bits per heavy atom. The number of hydrogen-bond donors (Lipinski definition) is 1. The van der Waals surface area contributed by atoms with Crippen LogP contribution in [0.1, 0.15) is 52.7 Å². The molecule has 8 rings (SSSR count). The fourth-order valence-corrected chi connectivity index (χ4v) is 6.47. The van der Waals surface area contributed by atoms with Gasteiger partial charge in [-0.1, -0.05) is 77.9 Å². The Morgan fingerprint density at radius 1 is 0.750 bits per heavy atom. The van der Waals surface area contributed by atoms with E-state index in [9.17, 15) is 5.11 Å². The van der Waals surface area contributed by atoms with Crippen molar-refractivity contribution < 1.29 is 30.6 Å². The van der Waals surface area contributed by atoms with Crippen LogP contribution in [0.5, 0.6) is 5.75 Å². The summed E-state index contributed by atoms with van der Waals surface area (Å²) in [5.74, 6) is 0.693. The predicted molar refractivity (Wildman–Crippen MR) is 190 cm³/mol. The van der Waals surface area contributed by atoms with E-state index in [4.69, 9.17) is 19.4 Å². The van der Waals surface area contributed by atoms with Gasteiger partial charge in [-0.05, 0) is 58.5 Å². The molecule has 0 bridgehead atoms. The van der Waals surface area contributed by atoms with Gasteiger partial charge in [0.25, 0.3) is 0 Å². The van der Waals surface area contributed by atoms with Gasteiger partial charge in [0, 0.05) is 54.5 Å². The average Bonchev–Trinajstić information content (AvgIpc) is 3.59. The zero-order chi connectivity index (χ0) is 32.7. The Bertz CT molecular complexity index is 2460. The minimum Gasteiger partial charge on any atom is -0.507 e. The van der Waals surface area contributed by atoms with Gasteiger partial charge >= 0.3 is 0 Å². The summed E-state index contributed by atoms with van der Waals surface area (Å²) in [7, 11) is 0. The van der Waals surface area contributed by atoms with Crippen LogP contribution in [0, 0.1) is 6.07 Å². The number of pyridine rings is 1. The van der Waals surface area contributed by atoms with E-state index < -0.39 is 0 Å². The number of rotatable bonds is 3. The van der Waals surface area contributed by atoms with Crippen LogP contribution in [0.4, 0.5) is 0 Å². The summed E-state index contributed by atoms with van der Waals surface area (Å²) < 4.78 is 8.59. The van der Waals surface area contributed by atoms with E-state index in [2.05, 4.69) is 76.4 Å². The first kappa shape index (κ1) is 31.8. The molecule has 0 aliphatic carbocycles. The first-order chi connectivity index (χ1) is 22.5. The monoisotopic (exact) mass is 810 g/mol. The van der Waals surface area contributed by atoms with Crippen LogP contribution in [0.3, 0.4) is 0 Å². The third-order valence-corrected chi connectivity index (χ3v) is 8.95. The molecule has 0 aliphatic rings. The Kier molecular flexibility index (Phi) is 7.56. The van der Waals surface area contributed by atoms with Crippen LogP contribution in [-0.2, 0) is 31.9 Å². The fourth-order valence-electron chi connectivity index (χ4n) is 6.47. The van der Waals surface area contributed by atoms with Gasteiger partial charge in [-0.2, -0.15) is 0 Å². The maximum absolute atomic E-state index is 11.9. The molecule has 0 atom stereocenters. The molecule has 4 heterocycles. The van der Waals surface area contributed by atoms with Crippen molar-refractivity contribution in [2.75, 3.05) is 0 Å². The quantitative estimate of drug-likeness (QED) is 0.180. The largest absolute Gasteiger partial charge is 0.507 e. The Labute approximate surface area is 293 Å². The number of hydrogen-bond acceptors (Lipinski definition) is 5. The van der Waals surface area contributed by atoms with Gasteiger partial charge in [0.1, 0.15) is 28.2 Å². The molecule has 4 aromatic carbocycles. The molecule has 0 unspecified atom stereocenters. The standard InChI is InChI=1S/C41H35N4O2.Pt/c1-40(2,3)25-22-30(36(46)31(23-25)41(4,5)6)35-37-34(29-16-8-10-19-33(29)47-37)43-38(44-35)24-13-11-14-26(21-24)45-32-18-9-7-15-27(32)28-17-12-20-42-39(28)45;/h7-20,22-23,46H,1-6H3;/q-1;. The summed E-state index contributed by atoms with van der Waals surface area (Å²) in [6.45, 7) is 12.9. The van der Waals surface area contributed by atoms with Gasteiger partial charge in [-0.15, -0.1) is 29.8 Å². The first-order valence-corrected chi connectivity index (χ1v) is 15.9. The summed E-state index contributed by atoms with van der Waals surface area (Å²) >= 11 is 0. The van der Waals surface area contributed by atoms with Crippen molar-refractivity contribution in [2.24, 2.45) is 0 Å². The van der Waals surface area contributed by atoms with Crippen molar-refractivity contribution in [1.29, 1.82) is 0 Å². The molecule has 0 saturated carbocycles. The van der Waals surface area contributed by atoms with Crippen molar-refractivity contribution >= 4 is 44.0 Å². The zero-order valence-electron chi connectivity index (χ0n) is 27.7. The second-order valence-electron chi connectivity index (χ2n) is 14.3. The molecule has 8 aromatic rings. The van der Waals surface area contributed by atoms with Crippen molar-refractivity contribution in [1.82, 2.24) is 19.5 Å². The van der Waals surface area contributed by atoms with Gasteiger partial charge in [-0.25, -0.2) is 4.98 Å². The summed E-state index contributed by atoms with van der Waals surface area (Å²) in [5.41, 5.74) is 8.08. The van der Waals surface area contributed by atoms with E-state index in [1.807, 2.05) is 72.9 Å². The molecule has 0 saturated heterocycles. The van der Waals surface area contributed by atoms with E-state index in [1.54, 1.807) is 0 Å². The Balaban J connectivity index is 0.00000364. The molecule has 242 valence electrons. The van der Waals surface area contributed by atoms with Crippen LogP contribution in [0.2, 0.25) is 0 Å². The van der Waals surface area contributed by atoms with E-state index in [0.717, 1.165) is 49.7 Å². The smallest absolute Gasteiger partial charge is 0.178 e. The molecule has 0 aliphatic heterocycles. The van der Waals surface area contributed by atoms with Crippen molar-refractivity contribution in [3.63, 3.8) is 0 Å². The Morgan fingerprint density at radius 2 is 1.48 bits per heavy atom. The molecule has 7 heteroatoms. The molecule has 48 heavy (non-hydrogen) atoms. The molecule has 0 amide bonds. The van der Waals surface area contributed by atoms with Gasteiger partial charge in [-0.3, -0.25) is 9.97 Å². The Hall–Kier alpha value is -4.80. The maximum Gasteiger partial charge on any atom is 0.178 e. The second-order valence-corrected chi connectivity index (χ2v) is 14.3. The molecule has 6 nitrogen and oxygen atoms in total. The third-order valence-electron chi connectivity index (χ3n) is 8.95. The molecule has 1 N–H and O–H groups in total. The van der Waals surface area contributed by atoms with E-state index in [-0.39, 0.29) is 37.6 Å². The van der Waals surface area contributed by atoms with Crippen molar-refractivity contribution in [3.05, 3.63) is 114 Å². The molecular formula is C41H35N4O2Pt-. The molecule has 0 fully saturated rings. The number of furan rings is 1. The van der Waals surface area contributed by atoms with Gasteiger partial charge in [0.05, 0.1) is 11.3 Å². The summed E-state index contributed by atoms with van der Waals surface area (Å²) in [6, 6.07) is 34.1. The summed E-state index contributed by atoms with van der Waals surface area (Å²) in [6.07, 6.45) is 1.82. The van der Waals surface area contributed by atoms with Crippen LogP contribution in [-0.4, -0.2) is 24.6 Å². The molecule has 0 spiro atoms. The van der Waals surface area contributed by atoms with Gasteiger partial charge < -0.3 is 14.1 Å². The first-order valence-electron chi connectivity index (χ1n) is 15.9. The minimum absolute atomic E-state index is 0. The van der Waals surface area contributed by atoms with Crippen molar-refractivity contribution in [3.8, 4) is 34.1 Å². The van der Waals surface area contributed by atoms with E-state index in [0.29, 0.717) is 33.8 Å². The number of phenolic OH excluding ortho intramolecular Hbond substituents is 1. The summed E-state index contributed by atoms with van der Waals surface area (Å²) in [4.78, 5) is 15.0. The maximum atomic E-state index is 11.9. The molecule has 4 aromatic heterocycles. The van der Waals surface area contributed by atoms with Crippen LogP contribution >= 0.6 is 0 Å². The fraction of sp³-hybridized carbons (Fsp3) is 0.195. The van der Waals surface area contributed by atoms with Crippen LogP contribution in [0.25, 0.3) is 72.3 Å². The third kappa shape index (κ3) is 5.10. The number of benzene rings is 4. The number of phenols is 1. The van der Waals surface area contributed by atoms with Gasteiger partial charge in [0.15, 0.2) is 5.58 Å². The zero-order valence-corrected chi connectivity index (χ0v) is 30.0. The number of aromatic nitrogens is 4. The minimum atomic E-state index is -0.304. The van der Waals surface area contributed by atoms with Gasteiger partial charge in [0.2, 0.25) is 0 Å². The van der Waals surface area contributed by atoms with Crippen molar-refractivity contribution in [2.45, 2.75) is 52.4 Å². The number of para-hydroxylation sites is 2. The topological polar surface area (TPSA) is 77.0 Å². The molecular weight excluding hydrogens is 776 g/mol. The SMILES string of the molecule is CC(C)(C)c1cc(-c2nc(-c3[c-]c(-n4c5ccccc5c5cccnc54)ccc3)nc3c2oc2ccccc23)c(O)c(C(C)(C)C)c1.[Pt]. The number of fused-ring (bicyclic) bond motifs is 6. The van der Waals surface area contributed by atoms with E-state index in [1.165, 1.54) is 0 Å². The van der Waals surface area contributed by atoms with Crippen LogP contribution in [0.15, 0.2) is 102 Å². The predicted octanol–water partition coefficient (Wildman–Crippen LogP) is 10.3. The van der Waals surface area contributed by atoms with Crippen LogP contribution < -0.4 is 0 Å². The second kappa shape index (κ2) is 11.4. The average molecular weight is 811 g/mol. The molecule has 0 radical (unpaired) electrons. The number of aromatic hydroxyl groups is 1.